The quantitative estimate of drug-likeness (QED) is 0.755. The maximum atomic E-state index is 13.2. The van der Waals surface area contributed by atoms with Crippen molar-refractivity contribution in [3.63, 3.8) is 0 Å². The standard InChI is InChI=1S/C14H20F2N2O2S/c1-8(10-4-5-11(15)12(16)6-10)17-14(20)18-9(2)13(7-19)21-3/h4-6,8-9,13,19H,7H2,1-3H3,(H2,17,18,20). The number of hydrogen-bond acceptors (Lipinski definition) is 3. The Morgan fingerprint density at radius 3 is 2.48 bits per heavy atom. The van der Waals surface area contributed by atoms with Crippen LogP contribution in [0.2, 0.25) is 0 Å². The number of hydrogen-bond donors (Lipinski definition) is 3. The topological polar surface area (TPSA) is 61.4 Å². The zero-order chi connectivity index (χ0) is 16.0. The molecule has 3 atom stereocenters. The predicted octanol–water partition coefficient (Wildman–Crippen LogP) is 2.44. The first-order chi connectivity index (χ1) is 9.88. The number of amides is 2. The van der Waals surface area contributed by atoms with Crippen molar-refractivity contribution in [2.45, 2.75) is 31.2 Å². The Hall–Kier alpha value is -1.34. The van der Waals surface area contributed by atoms with Crippen LogP contribution >= 0.6 is 11.8 Å². The molecule has 0 saturated heterocycles. The summed E-state index contributed by atoms with van der Waals surface area (Å²) in [6.07, 6.45) is 1.85. The van der Waals surface area contributed by atoms with E-state index in [0.717, 1.165) is 12.1 Å². The van der Waals surface area contributed by atoms with Gasteiger partial charge in [-0.1, -0.05) is 6.07 Å². The van der Waals surface area contributed by atoms with Gasteiger partial charge in [-0.25, -0.2) is 13.6 Å². The number of nitrogens with one attached hydrogen (secondary N) is 2. The summed E-state index contributed by atoms with van der Waals surface area (Å²) in [6, 6.07) is 2.40. The van der Waals surface area contributed by atoms with Gasteiger partial charge in [-0.3, -0.25) is 0 Å². The van der Waals surface area contributed by atoms with E-state index in [2.05, 4.69) is 10.6 Å². The Balaban J connectivity index is 2.59. The second kappa shape index (κ2) is 8.19. The Bertz CT molecular complexity index is 484. The SMILES string of the molecule is CSC(CO)C(C)NC(=O)NC(C)c1ccc(F)c(F)c1. The summed E-state index contributed by atoms with van der Waals surface area (Å²) in [5.74, 6) is -1.87. The highest BCUT2D eigenvalue weighted by Gasteiger charge is 2.18. The third kappa shape index (κ3) is 5.17. The van der Waals surface area contributed by atoms with Crippen molar-refractivity contribution < 1.29 is 18.7 Å². The van der Waals surface area contributed by atoms with Gasteiger partial charge in [0.2, 0.25) is 0 Å². The molecule has 0 spiro atoms. The van der Waals surface area contributed by atoms with Gasteiger partial charge in [-0.05, 0) is 37.8 Å². The number of rotatable bonds is 6. The van der Waals surface area contributed by atoms with Crippen LogP contribution in [0.3, 0.4) is 0 Å². The lowest BCUT2D eigenvalue weighted by atomic mass is 10.1. The zero-order valence-electron chi connectivity index (χ0n) is 12.2. The van der Waals surface area contributed by atoms with E-state index in [1.807, 2.05) is 6.26 Å². The number of thioether (sulfide) groups is 1. The van der Waals surface area contributed by atoms with Gasteiger partial charge in [0.1, 0.15) is 0 Å². The minimum Gasteiger partial charge on any atom is -0.395 e. The van der Waals surface area contributed by atoms with Crippen molar-refractivity contribution in [2.24, 2.45) is 0 Å². The van der Waals surface area contributed by atoms with Gasteiger partial charge in [0.25, 0.3) is 0 Å². The molecule has 0 radical (unpaired) electrons. The first kappa shape index (κ1) is 17.7. The van der Waals surface area contributed by atoms with Crippen molar-refractivity contribution in [3.05, 3.63) is 35.4 Å². The highest BCUT2D eigenvalue weighted by atomic mass is 32.2. The van der Waals surface area contributed by atoms with Crippen LogP contribution in [-0.2, 0) is 0 Å². The molecule has 4 nitrogen and oxygen atoms in total. The average Bonchev–Trinajstić information content (AvgIpc) is 2.42. The lowest BCUT2D eigenvalue weighted by molar-refractivity contribution is 0.230. The smallest absolute Gasteiger partial charge is 0.315 e. The molecular formula is C14H20F2N2O2S. The second-order valence-electron chi connectivity index (χ2n) is 4.76. The number of urea groups is 1. The molecule has 0 aliphatic heterocycles. The summed E-state index contributed by atoms with van der Waals surface area (Å²) in [4.78, 5) is 11.8. The minimum absolute atomic E-state index is 0.0403. The van der Waals surface area contributed by atoms with Gasteiger partial charge in [-0.15, -0.1) is 0 Å². The Kier molecular flexibility index (Phi) is 6.91. The fraction of sp³-hybridized carbons (Fsp3) is 0.500. The van der Waals surface area contributed by atoms with Crippen LogP contribution in [0.15, 0.2) is 18.2 Å². The molecule has 0 aliphatic rings. The number of benzene rings is 1. The first-order valence-electron chi connectivity index (χ1n) is 6.54. The number of halogens is 2. The third-order valence-corrected chi connectivity index (χ3v) is 4.35. The molecule has 0 bridgehead atoms. The van der Waals surface area contributed by atoms with Crippen molar-refractivity contribution >= 4 is 17.8 Å². The molecular weight excluding hydrogens is 298 g/mol. The molecule has 7 heteroatoms. The highest BCUT2D eigenvalue weighted by molar-refractivity contribution is 7.99. The summed E-state index contributed by atoms with van der Waals surface area (Å²) in [5, 5.41) is 14.4. The molecule has 0 aliphatic carbocycles. The number of aliphatic hydroxyl groups excluding tert-OH is 1. The van der Waals surface area contributed by atoms with Crippen molar-refractivity contribution in [1.82, 2.24) is 10.6 Å². The number of carbonyl (C=O) groups is 1. The minimum atomic E-state index is -0.947. The van der Waals surface area contributed by atoms with Crippen molar-refractivity contribution in [1.29, 1.82) is 0 Å². The molecule has 21 heavy (non-hydrogen) atoms. The Morgan fingerprint density at radius 2 is 1.95 bits per heavy atom. The fourth-order valence-electron chi connectivity index (χ4n) is 1.84. The van der Waals surface area contributed by atoms with E-state index < -0.39 is 23.7 Å². The predicted molar refractivity (Wildman–Crippen MR) is 80.3 cm³/mol. The van der Waals surface area contributed by atoms with E-state index in [1.54, 1.807) is 13.8 Å². The molecule has 0 heterocycles. The van der Waals surface area contributed by atoms with E-state index in [4.69, 9.17) is 5.11 Å². The lowest BCUT2D eigenvalue weighted by Crippen LogP contribution is -2.46. The van der Waals surface area contributed by atoms with Crippen LogP contribution in [-0.4, -0.2) is 35.3 Å². The Labute approximate surface area is 127 Å². The Morgan fingerprint density at radius 1 is 1.29 bits per heavy atom. The van der Waals surface area contributed by atoms with E-state index >= 15 is 0 Å². The molecule has 0 aromatic heterocycles. The maximum Gasteiger partial charge on any atom is 0.315 e. The molecule has 3 unspecified atom stereocenters. The molecule has 2 amide bonds. The summed E-state index contributed by atoms with van der Waals surface area (Å²) < 4.78 is 26.0. The summed E-state index contributed by atoms with van der Waals surface area (Å²) >= 11 is 1.46. The monoisotopic (exact) mass is 318 g/mol. The van der Waals surface area contributed by atoms with Crippen LogP contribution < -0.4 is 10.6 Å². The van der Waals surface area contributed by atoms with Gasteiger partial charge >= 0.3 is 6.03 Å². The van der Waals surface area contributed by atoms with Gasteiger partial charge in [-0.2, -0.15) is 11.8 Å². The van der Waals surface area contributed by atoms with Crippen LogP contribution in [0.25, 0.3) is 0 Å². The van der Waals surface area contributed by atoms with E-state index in [-0.39, 0.29) is 17.9 Å². The normalized spacial score (nSPS) is 15.1. The summed E-state index contributed by atoms with van der Waals surface area (Å²) in [7, 11) is 0. The van der Waals surface area contributed by atoms with Crippen LogP contribution in [0.1, 0.15) is 25.5 Å². The number of aliphatic hydroxyl groups is 1. The highest BCUT2D eigenvalue weighted by Crippen LogP contribution is 2.16. The molecule has 3 N–H and O–H groups in total. The van der Waals surface area contributed by atoms with Crippen LogP contribution in [0.5, 0.6) is 0 Å². The van der Waals surface area contributed by atoms with Crippen LogP contribution in [0, 0.1) is 11.6 Å². The molecule has 1 aromatic rings. The van der Waals surface area contributed by atoms with Gasteiger partial charge < -0.3 is 15.7 Å². The van der Waals surface area contributed by atoms with Crippen LogP contribution in [0.4, 0.5) is 13.6 Å². The average molecular weight is 318 g/mol. The van der Waals surface area contributed by atoms with Gasteiger partial charge in [0.15, 0.2) is 11.6 Å². The van der Waals surface area contributed by atoms with Crippen molar-refractivity contribution in [3.8, 4) is 0 Å². The number of carbonyl (C=O) groups excluding carboxylic acids is 1. The van der Waals surface area contributed by atoms with Gasteiger partial charge in [0, 0.05) is 11.3 Å². The van der Waals surface area contributed by atoms with Crippen molar-refractivity contribution in [2.75, 3.05) is 12.9 Å². The molecule has 118 valence electrons. The molecule has 1 aromatic carbocycles. The molecule has 0 saturated carbocycles. The van der Waals surface area contributed by atoms with E-state index in [1.165, 1.54) is 17.8 Å². The van der Waals surface area contributed by atoms with E-state index in [0.29, 0.717) is 5.56 Å². The largest absolute Gasteiger partial charge is 0.395 e. The van der Waals surface area contributed by atoms with Gasteiger partial charge in [0.05, 0.1) is 12.6 Å². The third-order valence-electron chi connectivity index (χ3n) is 3.19. The maximum absolute atomic E-state index is 13.2. The fourth-order valence-corrected chi connectivity index (χ4v) is 2.47. The molecule has 1 rings (SSSR count). The zero-order valence-corrected chi connectivity index (χ0v) is 13.0. The van der Waals surface area contributed by atoms with E-state index in [9.17, 15) is 13.6 Å². The summed E-state index contributed by atoms with van der Waals surface area (Å²) in [6.45, 7) is 3.43. The second-order valence-corrected chi connectivity index (χ2v) is 5.84. The summed E-state index contributed by atoms with van der Waals surface area (Å²) in [5.41, 5.74) is 0.472. The molecule has 0 fully saturated rings. The first-order valence-corrected chi connectivity index (χ1v) is 7.83. The lowest BCUT2D eigenvalue weighted by Gasteiger charge is -2.23.